The maximum atomic E-state index is 11.9. The minimum atomic E-state index is -0.0266. The van der Waals surface area contributed by atoms with Gasteiger partial charge in [0.1, 0.15) is 0 Å². The maximum Gasteiger partial charge on any atom is 0.160 e. The van der Waals surface area contributed by atoms with Crippen molar-refractivity contribution in [1.82, 2.24) is 4.90 Å². The molecule has 0 unspecified atom stereocenters. The van der Waals surface area contributed by atoms with Crippen LogP contribution in [0.15, 0.2) is 11.6 Å². The molecule has 0 saturated heterocycles. The van der Waals surface area contributed by atoms with E-state index in [-0.39, 0.29) is 5.41 Å². The van der Waals surface area contributed by atoms with Gasteiger partial charge in [0, 0.05) is 24.1 Å². The summed E-state index contributed by atoms with van der Waals surface area (Å²) in [5.41, 5.74) is 4.20. The Bertz CT molecular complexity index is 791. The molecule has 1 aliphatic carbocycles. The minimum absolute atomic E-state index is 0.0266. The monoisotopic (exact) mass is 397 g/mol. The molecule has 1 aromatic rings. The summed E-state index contributed by atoms with van der Waals surface area (Å²) in [6.45, 7) is 14.3. The van der Waals surface area contributed by atoms with Crippen molar-refractivity contribution in [3.05, 3.63) is 27.0 Å². The van der Waals surface area contributed by atoms with Crippen LogP contribution < -0.4 is 0 Å². The maximum absolute atomic E-state index is 11.9. The lowest BCUT2D eigenvalue weighted by atomic mass is 9.75. The molecule has 0 aromatic carbocycles. The third-order valence-electron chi connectivity index (χ3n) is 6.17. The van der Waals surface area contributed by atoms with Crippen LogP contribution in [0.2, 0.25) is 0 Å². The van der Waals surface area contributed by atoms with Crippen LogP contribution in [0.1, 0.15) is 86.8 Å². The van der Waals surface area contributed by atoms with E-state index in [1.165, 1.54) is 36.8 Å². The van der Waals surface area contributed by atoms with Crippen molar-refractivity contribution < 1.29 is 4.79 Å². The number of aldehydes is 1. The largest absolute Gasteiger partial charge is 0.299 e. The van der Waals surface area contributed by atoms with Crippen molar-refractivity contribution >= 4 is 23.2 Å². The standard InChI is InChI=1S/C25H35NOS/c1-6-26-14-12-21(23(16-26)19-9-7-18(2)8-10-19)22-15-20(28-24(22)17-27)11-13-25(3,4)5/h15,17-19H,6-10,12,14,16H2,1-5H3. The van der Waals surface area contributed by atoms with Crippen LogP contribution in [0.25, 0.3) is 5.57 Å². The number of rotatable bonds is 4. The minimum Gasteiger partial charge on any atom is -0.299 e. The lowest BCUT2D eigenvalue weighted by Crippen LogP contribution is -2.34. The molecule has 3 heteroatoms. The summed E-state index contributed by atoms with van der Waals surface area (Å²) in [5, 5.41) is 0. The topological polar surface area (TPSA) is 20.3 Å². The molecule has 1 saturated carbocycles. The van der Waals surface area contributed by atoms with Gasteiger partial charge in [-0.25, -0.2) is 0 Å². The molecule has 1 fully saturated rings. The van der Waals surface area contributed by atoms with E-state index in [9.17, 15) is 4.79 Å². The molecule has 0 radical (unpaired) electrons. The summed E-state index contributed by atoms with van der Waals surface area (Å²) in [4.78, 5) is 16.3. The van der Waals surface area contributed by atoms with Gasteiger partial charge in [-0.3, -0.25) is 9.69 Å². The summed E-state index contributed by atoms with van der Waals surface area (Å²) in [6.07, 6.45) is 7.37. The van der Waals surface area contributed by atoms with Crippen molar-refractivity contribution in [2.75, 3.05) is 19.6 Å². The van der Waals surface area contributed by atoms with Gasteiger partial charge in [-0.15, -0.1) is 11.3 Å². The van der Waals surface area contributed by atoms with Crippen LogP contribution in [-0.4, -0.2) is 30.8 Å². The summed E-state index contributed by atoms with van der Waals surface area (Å²) in [5.74, 6) is 8.18. The van der Waals surface area contributed by atoms with Gasteiger partial charge < -0.3 is 0 Å². The highest BCUT2D eigenvalue weighted by Crippen LogP contribution is 2.41. The first-order chi connectivity index (χ1) is 13.3. The van der Waals surface area contributed by atoms with Crippen LogP contribution >= 0.6 is 11.3 Å². The molecule has 0 bridgehead atoms. The predicted molar refractivity (Wildman–Crippen MR) is 121 cm³/mol. The molecule has 2 nitrogen and oxygen atoms in total. The zero-order valence-electron chi connectivity index (χ0n) is 18.2. The van der Waals surface area contributed by atoms with Gasteiger partial charge in [-0.2, -0.15) is 0 Å². The first kappa shape index (κ1) is 21.3. The molecular weight excluding hydrogens is 362 g/mol. The highest BCUT2D eigenvalue weighted by Gasteiger charge is 2.29. The molecule has 152 valence electrons. The van der Waals surface area contributed by atoms with E-state index in [0.29, 0.717) is 5.92 Å². The summed E-state index contributed by atoms with van der Waals surface area (Å²) >= 11 is 1.56. The number of thiophene rings is 1. The van der Waals surface area contributed by atoms with Crippen molar-refractivity contribution in [2.24, 2.45) is 17.3 Å². The van der Waals surface area contributed by atoms with E-state index >= 15 is 0 Å². The lowest BCUT2D eigenvalue weighted by Gasteiger charge is -2.36. The Kier molecular flexibility index (Phi) is 6.84. The number of nitrogens with zero attached hydrogens (tertiary/aromatic N) is 1. The molecular formula is C25H35NOS. The predicted octanol–water partition coefficient (Wildman–Crippen LogP) is 6.26. The fourth-order valence-electron chi connectivity index (χ4n) is 4.45. The third-order valence-corrected chi connectivity index (χ3v) is 7.15. The molecule has 3 rings (SSSR count). The van der Waals surface area contributed by atoms with E-state index in [2.05, 4.69) is 57.4 Å². The van der Waals surface area contributed by atoms with Crippen molar-refractivity contribution in [2.45, 2.75) is 66.7 Å². The molecule has 0 N–H and O–H groups in total. The average molecular weight is 398 g/mol. The van der Waals surface area contributed by atoms with Gasteiger partial charge in [0.25, 0.3) is 0 Å². The van der Waals surface area contributed by atoms with Gasteiger partial charge in [0.15, 0.2) is 6.29 Å². The van der Waals surface area contributed by atoms with Crippen molar-refractivity contribution in [3.8, 4) is 11.8 Å². The van der Waals surface area contributed by atoms with Gasteiger partial charge in [0.2, 0.25) is 0 Å². The fourth-order valence-corrected chi connectivity index (χ4v) is 5.30. The molecule has 0 spiro atoms. The molecule has 1 aromatic heterocycles. The number of hydrogen-bond acceptors (Lipinski definition) is 3. The zero-order chi connectivity index (χ0) is 20.3. The van der Waals surface area contributed by atoms with Crippen molar-refractivity contribution in [1.29, 1.82) is 0 Å². The van der Waals surface area contributed by atoms with Crippen molar-refractivity contribution in [3.63, 3.8) is 0 Å². The smallest absolute Gasteiger partial charge is 0.160 e. The summed E-state index contributed by atoms with van der Waals surface area (Å²) in [7, 11) is 0. The fraction of sp³-hybridized carbons (Fsp3) is 0.640. The van der Waals surface area contributed by atoms with E-state index < -0.39 is 0 Å². The average Bonchev–Trinajstić information content (AvgIpc) is 3.09. The SMILES string of the molecule is CCN1CCC(c2cc(C#CC(C)(C)C)sc2C=O)=C(C2CCC(C)CC2)C1. The van der Waals surface area contributed by atoms with Gasteiger partial charge >= 0.3 is 0 Å². The molecule has 28 heavy (non-hydrogen) atoms. The van der Waals surface area contributed by atoms with Crippen LogP contribution in [0.4, 0.5) is 0 Å². The van der Waals surface area contributed by atoms with Crippen LogP contribution in [-0.2, 0) is 0 Å². The first-order valence-corrected chi connectivity index (χ1v) is 11.7. The third kappa shape index (κ3) is 5.16. The number of carbonyl (C=O) groups is 1. The van der Waals surface area contributed by atoms with E-state index in [0.717, 1.165) is 48.0 Å². The van der Waals surface area contributed by atoms with E-state index in [1.54, 1.807) is 16.9 Å². The second-order valence-electron chi connectivity index (χ2n) is 9.59. The quantitative estimate of drug-likeness (QED) is 0.441. The second kappa shape index (κ2) is 8.97. The highest BCUT2D eigenvalue weighted by atomic mass is 32.1. The van der Waals surface area contributed by atoms with Gasteiger partial charge in [0.05, 0.1) is 9.75 Å². The normalized spacial score (nSPS) is 24.0. The van der Waals surface area contributed by atoms with Crippen LogP contribution in [0.3, 0.4) is 0 Å². The molecule has 0 amide bonds. The molecule has 1 aliphatic heterocycles. The number of likely N-dealkylation sites (N-methyl/N-ethyl adjacent to an activating group) is 1. The van der Waals surface area contributed by atoms with Gasteiger partial charge in [-0.05, 0) is 75.6 Å². The highest BCUT2D eigenvalue weighted by molar-refractivity contribution is 7.14. The molecule has 2 aliphatic rings. The molecule has 0 atom stereocenters. The zero-order valence-corrected chi connectivity index (χ0v) is 19.0. The Morgan fingerprint density at radius 1 is 1.25 bits per heavy atom. The second-order valence-corrected chi connectivity index (χ2v) is 10.7. The number of hydrogen-bond donors (Lipinski definition) is 0. The van der Waals surface area contributed by atoms with Crippen LogP contribution in [0.5, 0.6) is 0 Å². The Morgan fingerprint density at radius 3 is 2.57 bits per heavy atom. The Hall–Kier alpha value is -1.37. The lowest BCUT2D eigenvalue weighted by molar-refractivity contribution is 0.112. The summed E-state index contributed by atoms with van der Waals surface area (Å²) < 4.78 is 0. The van der Waals surface area contributed by atoms with E-state index in [4.69, 9.17) is 0 Å². The first-order valence-electron chi connectivity index (χ1n) is 10.9. The Morgan fingerprint density at radius 2 is 1.96 bits per heavy atom. The Balaban J connectivity index is 2.00. The summed E-state index contributed by atoms with van der Waals surface area (Å²) in [6, 6.07) is 2.19. The van der Waals surface area contributed by atoms with Gasteiger partial charge in [-0.1, -0.05) is 38.5 Å². The van der Waals surface area contributed by atoms with E-state index in [1.807, 2.05) is 0 Å². The van der Waals surface area contributed by atoms with Crippen LogP contribution in [0, 0.1) is 29.1 Å². The molecule has 2 heterocycles. The number of carbonyl (C=O) groups excluding carboxylic acids is 1. The Labute approximate surface area is 175 Å².